The van der Waals surface area contributed by atoms with Gasteiger partial charge in [-0.15, -0.1) is 0 Å². The molecule has 0 saturated heterocycles. The zero-order chi connectivity index (χ0) is 18.0. The maximum absolute atomic E-state index is 14.3. The van der Waals surface area contributed by atoms with Crippen molar-refractivity contribution in [3.05, 3.63) is 53.7 Å². The minimum atomic E-state index is -0.980. The van der Waals surface area contributed by atoms with E-state index in [-0.39, 0.29) is 17.2 Å². The number of fused-ring (bicyclic) bond motifs is 1. The van der Waals surface area contributed by atoms with Gasteiger partial charge in [0.1, 0.15) is 17.2 Å². The molecular weight excluding hydrogens is 324 g/mol. The summed E-state index contributed by atoms with van der Waals surface area (Å²) in [6, 6.07) is 7.61. The highest BCUT2D eigenvalue weighted by atomic mass is 19.2. The summed E-state index contributed by atoms with van der Waals surface area (Å²) in [4.78, 5) is 16.6. The largest absolute Gasteiger partial charge is 0.310 e. The first-order valence-corrected chi connectivity index (χ1v) is 8.24. The van der Waals surface area contributed by atoms with Gasteiger partial charge in [-0.05, 0) is 43.2 Å². The Balaban J connectivity index is 2.15. The second kappa shape index (κ2) is 7.01. The lowest BCUT2D eigenvalue weighted by Gasteiger charge is -2.08. The van der Waals surface area contributed by atoms with E-state index in [0.717, 1.165) is 24.5 Å². The number of benzene rings is 1. The van der Waals surface area contributed by atoms with Crippen LogP contribution in [-0.4, -0.2) is 15.3 Å². The van der Waals surface area contributed by atoms with E-state index >= 15 is 0 Å². The first-order valence-electron chi connectivity index (χ1n) is 8.24. The predicted molar refractivity (Wildman–Crippen MR) is 93.4 cm³/mol. The Hall–Kier alpha value is -2.76. The van der Waals surface area contributed by atoms with Gasteiger partial charge < -0.3 is 5.32 Å². The Bertz CT molecular complexity index is 934. The predicted octanol–water partition coefficient (Wildman–Crippen LogP) is 4.72. The molecule has 0 aliphatic rings. The van der Waals surface area contributed by atoms with Gasteiger partial charge in [-0.3, -0.25) is 9.20 Å². The average molecular weight is 343 g/mol. The van der Waals surface area contributed by atoms with E-state index in [1.165, 1.54) is 12.1 Å². The number of unbranched alkanes of at least 4 members (excludes halogenated alkanes) is 1. The lowest BCUT2D eigenvalue weighted by Crippen LogP contribution is -2.13. The van der Waals surface area contributed by atoms with Crippen molar-refractivity contribution in [2.24, 2.45) is 0 Å². The lowest BCUT2D eigenvalue weighted by atomic mass is 10.1. The highest BCUT2D eigenvalue weighted by molar-refractivity contribution is 5.94. The van der Waals surface area contributed by atoms with Crippen LogP contribution in [-0.2, 0) is 4.79 Å². The molecule has 0 saturated carbocycles. The number of amides is 1. The molecular formula is C19H19F2N3O. The molecule has 0 radical (unpaired) electrons. The summed E-state index contributed by atoms with van der Waals surface area (Å²) in [7, 11) is 0. The van der Waals surface area contributed by atoms with Gasteiger partial charge in [-0.25, -0.2) is 13.8 Å². The number of carbonyl (C=O) groups excluding carboxylic acids is 1. The van der Waals surface area contributed by atoms with E-state index in [0.29, 0.717) is 17.9 Å². The molecule has 4 nitrogen and oxygen atoms in total. The second-order valence-electron chi connectivity index (χ2n) is 5.99. The zero-order valence-electron chi connectivity index (χ0n) is 14.1. The van der Waals surface area contributed by atoms with E-state index in [4.69, 9.17) is 0 Å². The van der Waals surface area contributed by atoms with Crippen molar-refractivity contribution in [2.75, 3.05) is 5.32 Å². The fourth-order valence-corrected chi connectivity index (χ4v) is 2.67. The average Bonchev–Trinajstić information content (AvgIpc) is 2.92. The van der Waals surface area contributed by atoms with Crippen LogP contribution in [0.15, 0.2) is 36.5 Å². The molecule has 0 atom stereocenters. The highest BCUT2D eigenvalue weighted by Crippen LogP contribution is 2.32. The van der Waals surface area contributed by atoms with Gasteiger partial charge in [0.2, 0.25) is 5.91 Å². The summed E-state index contributed by atoms with van der Waals surface area (Å²) in [6.45, 7) is 3.91. The highest BCUT2D eigenvalue weighted by Gasteiger charge is 2.20. The summed E-state index contributed by atoms with van der Waals surface area (Å²) in [6.07, 6.45) is 3.77. The fraction of sp³-hybridized carbons (Fsp3) is 0.263. The maximum Gasteiger partial charge on any atom is 0.225 e. The third-order valence-electron chi connectivity index (χ3n) is 4.00. The molecule has 130 valence electrons. The van der Waals surface area contributed by atoms with Crippen LogP contribution in [0, 0.1) is 18.6 Å². The van der Waals surface area contributed by atoms with Gasteiger partial charge in [-0.1, -0.05) is 19.4 Å². The Morgan fingerprint density at radius 1 is 1.28 bits per heavy atom. The molecule has 0 fully saturated rings. The smallest absolute Gasteiger partial charge is 0.225 e. The first-order chi connectivity index (χ1) is 12.0. The molecule has 3 aromatic rings. The van der Waals surface area contributed by atoms with Crippen LogP contribution >= 0.6 is 0 Å². The van der Waals surface area contributed by atoms with Gasteiger partial charge in [0.25, 0.3) is 0 Å². The van der Waals surface area contributed by atoms with Crippen LogP contribution in [0.4, 0.5) is 14.6 Å². The first kappa shape index (κ1) is 17.1. The topological polar surface area (TPSA) is 46.4 Å². The molecule has 0 spiro atoms. The van der Waals surface area contributed by atoms with Gasteiger partial charge in [-0.2, -0.15) is 0 Å². The number of nitrogens with zero attached hydrogens (tertiary/aromatic N) is 2. The number of hydrogen-bond acceptors (Lipinski definition) is 2. The number of carbonyl (C=O) groups is 1. The summed E-state index contributed by atoms with van der Waals surface area (Å²) < 4.78 is 29.6. The third kappa shape index (κ3) is 3.38. The molecule has 2 aromatic heterocycles. The van der Waals surface area contributed by atoms with Crippen molar-refractivity contribution in [1.82, 2.24) is 9.38 Å². The Kier molecular flexibility index (Phi) is 4.79. The van der Waals surface area contributed by atoms with E-state index in [1.54, 1.807) is 10.6 Å². The van der Waals surface area contributed by atoms with Crippen LogP contribution < -0.4 is 5.32 Å². The van der Waals surface area contributed by atoms with E-state index < -0.39 is 11.6 Å². The summed E-state index contributed by atoms with van der Waals surface area (Å²) in [5, 5.41) is 2.81. The number of aryl methyl sites for hydroxylation is 1. The van der Waals surface area contributed by atoms with Crippen molar-refractivity contribution < 1.29 is 13.6 Å². The van der Waals surface area contributed by atoms with Crippen LogP contribution in [0.25, 0.3) is 16.9 Å². The molecule has 0 aliphatic carbocycles. The van der Waals surface area contributed by atoms with Gasteiger partial charge in [0.15, 0.2) is 11.6 Å². The lowest BCUT2D eigenvalue weighted by molar-refractivity contribution is -0.116. The van der Waals surface area contributed by atoms with Gasteiger partial charge in [0, 0.05) is 18.2 Å². The molecule has 3 rings (SSSR count). The summed E-state index contributed by atoms with van der Waals surface area (Å²) >= 11 is 0. The minimum Gasteiger partial charge on any atom is -0.310 e. The van der Waals surface area contributed by atoms with Crippen molar-refractivity contribution in [3.8, 4) is 11.3 Å². The molecule has 1 amide bonds. The molecule has 25 heavy (non-hydrogen) atoms. The number of hydrogen-bond donors (Lipinski definition) is 1. The number of anilines is 1. The van der Waals surface area contributed by atoms with Crippen molar-refractivity contribution in [1.29, 1.82) is 0 Å². The number of aromatic nitrogens is 2. The monoisotopic (exact) mass is 343 g/mol. The molecule has 2 heterocycles. The summed E-state index contributed by atoms with van der Waals surface area (Å²) in [5.74, 6) is -1.76. The van der Waals surface area contributed by atoms with Crippen molar-refractivity contribution >= 4 is 17.4 Å². The molecule has 6 heteroatoms. The van der Waals surface area contributed by atoms with Crippen LogP contribution in [0.2, 0.25) is 0 Å². The maximum atomic E-state index is 14.3. The number of imidazole rings is 1. The number of nitrogens with one attached hydrogen (secondary N) is 1. The molecule has 0 unspecified atom stereocenters. The molecule has 0 aliphatic heterocycles. The number of pyridine rings is 1. The Morgan fingerprint density at radius 3 is 2.84 bits per heavy atom. The van der Waals surface area contributed by atoms with Crippen LogP contribution in [0.5, 0.6) is 0 Å². The second-order valence-corrected chi connectivity index (χ2v) is 5.99. The van der Waals surface area contributed by atoms with E-state index in [2.05, 4.69) is 10.3 Å². The fourth-order valence-electron chi connectivity index (χ4n) is 2.67. The minimum absolute atomic E-state index is 0.0205. The number of halogens is 2. The van der Waals surface area contributed by atoms with Crippen LogP contribution in [0.3, 0.4) is 0 Å². The summed E-state index contributed by atoms with van der Waals surface area (Å²) in [5.41, 5.74) is 1.77. The molecule has 1 aromatic carbocycles. The zero-order valence-corrected chi connectivity index (χ0v) is 14.1. The molecule has 0 bridgehead atoms. The number of rotatable bonds is 5. The Morgan fingerprint density at radius 2 is 2.08 bits per heavy atom. The van der Waals surface area contributed by atoms with Crippen molar-refractivity contribution in [3.63, 3.8) is 0 Å². The van der Waals surface area contributed by atoms with Crippen LogP contribution in [0.1, 0.15) is 31.7 Å². The van der Waals surface area contributed by atoms with E-state index in [1.807, 2.05) is 26.0 Å². The van der Waals surface area contributed by atoms with Gasteiger partial charge in [0.05, 0.1) is 0 Å². The third-order valence-corrected chi connectivity index (χ3v) is 4.00. The van der Waals surface area contributed by atoms with E-state index in [9.17, 15) is 13.6 Å². The SMILES string of the molecule is CCCCC(=O)Nc1c(-c2cccc(F)c2F)nc2cc(C)ccn12. The van der Waals surface area contributed by atoms with Crippen molar-refractivity contribution in [2.45, 2.75) is 33.1 Å². The standard InChI is InChI=1S/C19H19F2N3O/c1-3-4-8-16(25)23-19-18(13-6-5-7-14(20)17(13)21)22-15-11-12(2)9-10-24(15)19/h5-7,9-11H,3-4,8H2,1-2H3,(H,23,25). The quantitative estimate of drug-likeness (QED) is 0.729. The Labute approximate surface area is 144 Å². The molecule has 1 N–H and O–H groups in total. The van der Waals surface area contributed by atoms with Gasteiger partial charge >= 0.3 is 0 Å². The normalized spacial score (nSPS) is 11.0.